The average molecular weight is 464 g/mol. The average Bonchev–Trinajstić information content (AvgIpc) is 2.78. The number of sulfonamides is 1. The van der Waals surface area contributed by atoms with Crippen molar-refractivity contribution >= 4 is 21.6 Å². The molecule has 0 N–H and O–H groups in total. The lowest BCUT2D eigenvalue weighted by Crippen LogP contribution is -2.51. The number of non-ortho nitro benzene ring substituents is 1. The predicted octanol–water partition coefficient (Wildman–Crippen LogP) is 2.13. The van der Waals surface area contributed by atoms with Crippen molar-refractivity contribution in [3.8, 4) is 11.5 Å². The zero-order valence-corrected chi connectivity index (χ0v) is 18.9. The third kappa shape index (κ3) is 5.00. The molecule has 1 aliphatic heterocycles. The molecule has 0 radical (unpaired) electrons. The number of aryl methyl sites for hydroxylation is 2. The van der Waals surface area contributed by atoms with Crippen LogP contribution < -0.4 is 9.47 Å². The molecule has 2 aromatic rings. The van der Waals surface area contributed by atoms with Crippen LogP contribution in [0.3, 0.4) is 0 Å². The highest BCUT2D eigenvalue weighted by molar-refractivity contribution is 7.89. The first-order valence-electron chi connectivity index (χ1n) is 9.94. The number of amides is 1. The lowest BCUT2D eigenvalue weighted by Gasteiger charge is -2.34. The highest BCUT2D eigenvalue weighted by atomic mass is 32.2. The number of nitro groups is 1. The quantitative estimate of drug-likeness (QED) is 0.456. The van der Waals surface area contributed by atoms with Gasteiger partial charge in [0.15, 0.2) is 18.1 Å². The van der Waals surface area contributed by atoms with Crippen LogP contribution in [0.15, 0.2) is 41.3 Å². The number of nitro benzene ring substituents is 1. The maximum Gasteiger partial charge on any atom is 0.273 e. The number of methoxy groups -OCH3 is 1. The first kappa shape index (κ1) is 23.5. The van der Waals surface area contributed by atoms with Gasteiger partial charge < -0.3 is 14.4 Å². The molecule has 11 heteroatoms. The number of ether oxygens (including phenoxy) is 2. The number of hydrogen-bond donors (Lipinski definition) is 0. The molecule has 0 bridgehead atoms. The Labute approximate surface area is 186 Å². The van der Waals surface area contributed by atoms with Gasteiger partial charge >= 0.3 is 0 Å². The van der Waals surface area contributed by atoms with Crippen molar-refractivity contribution in [2.75, 3.05) is 39.9 Å². The van der Waals surface area contributed by atoms with E-state index in [2.05, 4.69) is 0 Å². The zero-order valence-electron chi connectivity index (χ0n) is 18.1. The Morgan fingerprint density at radius 1 is 1.03 bits per heavy atom. The number of nitrogens with zero attached hydrogens (tertiary/aromatic N) is 3. The smallest absolute Gasteiger partial charge is 0.273 e. The molecule has 0 spiro atoms. The summed E-state index contributed by atoms with van der Waals surface area (Å²) in [6.45, 7) is 4.21. The van der Waals surface area contributed by atoms with Gasteiger partial charge in [-0.1, -0.05) is 6.07 Å². The summed E-state index contributed by atoms with van der Waals surface area (Å²) in [5.74, 6) is 0.0143. The maximum absolute atomic E-state index is 12.9. The number of benzene rings is 2. The van der Waals surface area contributed by atoms with E-state index < -0.39 is 14.9 Å². The summed E-state index contributed by atoms with van der Waals surface area (Å²) in [5, 5.41) is 11.0. The molecule has 172 valence electrons. The minimum Gasteiger partial charge on any atom is -0.493 e. The molecule has 2 aromatic carbocycles. The summed E-state index contributed by atoms with van der Waals surface area (Å²) < 4.78 is 37.8. The summed E-state index contributed by atoms with van der Waals surface area (Å²) >= 11 is 0. The third-order valence-electron chi connectivity index (χ3n) is 5.42. The monoisotopic (exact) mass is 463 g/mol. The normalized spacial score (nSPS) is 14.8. The van der Waals surface area contributed by atoms with E-state index in [1.165, 1.54) is 34.5 Å². The van der Waals surface area contributed by atoms with Gasteiger partial charge in [-0.3, -0.25) is 14.9 Å². The lowest BCUT2D eigenvalue weighted by atomic mass is 10.1. The molecule has 1 fully saturated rings. The van der Waals surface area contributed by atoms with Crippen molar-refractivity contribution in [1.29, 1.82) is 0 Å². The van der Waals surface area contributed by atoms with Crippen LogP contribution in [0.1, 0.15) is 11.1 Å². The molecule has 3 rings (SSSR count). The molecule has 1 saturated heterocycles. The molecular formula is C21H25N3O7S. The molecular weight excluding hydrogens is 438 g/mol. The van der Waals surface area contributed by atoms with Crippen LogP contribution in [0.4, 0.5) is 5.69 Å². The second-order valence-electron chi connectivity index (χ2n) is 7.41. The topological polar surface area (TPSA) is 119 Å². The van der Waals surface area contributed by atoms with Crippen LogP contribution in [-0.2, 0) is 14.8 Å². The molecule has 0 saturated carbocycles. The molecule has 32 heavy (non-hydrogen) atoms. The molecule has 1 aliphatic rings. The Morgan fingerprint density at radius 3 is 2.31 bits per heavy atom. The van der Waals surface area contributed by atoms with Crippen molar-refractivity contribution < 1.29 is 27.6 Å². The van der Waals surface area contributed by atoms with E-state index in [1.54, 1.807) is 18.2 Å². The number of carbonyl (C=O) groups excluding carboxylic acids is 1. The lowest BCUT2D eigenvalue weighted by molar-refractivity contribution is -0.385. The van der Waals surface area contributed by atoms with Crippen molar-refractivity contribution in [3.05, 3.63) is 57.6 Å². The van der Waals surface area contributed by atoms with Crippen molar-refractivity contribution in [2.45, 2.75) is 18.7 Å². The second-order valence-corrected chi connectivity index (χ2v) is 9.35. The van der Waals surface area contributed by atoms with E-state index in [1.807, 2.05) is 13.8 Å². The molecule has 1 amide bonds. The zero-order chi connectivity index (χ0) is 23.5. The van der Waals surface area contributed by atoms with E-state index >= 15 is 0 Å². The summed E-state index contributed by atoms with van der Waals surface area (Å²) in [4.78, 5) is 24.7. The maximum atomic E-state index is 12.9. The van der Waals surface area contributed by atoms with Crippen molar-refractivity contribution in [3.63, 3.8) is 0 Å². The van der Waals surface area contributed by atoms with Gasteiger partial charge in [-0.2, -0.15) is 4.31 Å². The Bertz CT molecular complexity index is 1130. The fourth-order valence-corrected chi connectivity index (χ4v) is 4.83. The predicted molar refractivity (Wildman–Crippen MR) is 116 cm³/mol. The van der Waals surface area contributed by atoms with Gasteiger partial charge in [-0.15, -0.1) is 0 Å². The Morgan fingerprint density at radius 2 is 1.72 bits per heavy atom. The highest BCUT2D eigenvalue weighted by Crippen LogP contribution is 2.31. The van der Waals surface area contributed by atoms with E-state index in [0.29, 0.717) is 0 Å². The van der Waals surface area contributed by atoms with Gasteiger partial charge in [0.1, 0.15) is 0 Å². The summed E-state index contributed by atoms with van der Waals surface area (Å²) in [6, 6.07) is 8.90. The van der Waals surface area contributed by atoms with Crippen molar-refractivity contribution in [1.82, 2.24) is 9.21 Å². The van der Waals surface area contributed by atoms with Crippen LogP contribution in [0.5, 0.6) is 11.5 Å². The number of hydrogen-bond acceptors (Lipinski definition) is 7. The van der Waals surface area contributed by atoms with Crippen LogP contribution in [0.25, 0.3) is 0 Å². The van der Waals surface area contributed by atoms with Gasteiger partial charge in [-0.05, 0) is 43.2 Å². The molecule has 1 heterocycles. The highest BCUT2D eigenvalue weighted by Gasteiger charge is 2.30. The first-order valence-corrected chi connectivity index (χ1v) is 11.4. The number of piperazine rings is 1. The first-order chi connectivity index (χ1) is 15.1. The van der Waals surface area contributed by atoms with Crippen LogP contribution >= 0.6 is 0 Å². The van der Waals surface area contributed by atoms with Gasteiger partial charge in [0, 0.05) is 32.2 Å². The molecule has 0 aliphatic carbocycles. The molecule has 0 unspecified atom stereocenters. The third-order valence-corrected chi connectivity index (χ3v) is 7.31. The summed E-state index contributed by atoms with van der Waals surface area (Å²) in [7, 11) is -2.25. The van der Waals surface area contributed by atoms with Crippen LogP contribution in [0.2, 0.25) is 0 Å². The molecule has 0 aromatic heterocycles. The van der Waals surface area contributed by atoms with Gasteiger partial charge in [0.05, 0.1) is 23.0 Å². The largest absolute Gasteiger partial charge is 0.493 e. The van der Waals surface area contributed by atoms with Crippen LogP contribution in [-0.4, -0.2) is 68.3 Å². The SMILES string of the molecule is COc1ccc([N+](=O)[O-])cc1OCC(=O)N1CCN(S(=O)(=O)c2ccc(C)c(C)c2)CC1. The second kappa shape index (κ2) is 9.53. The number of rotatable bonds is 7. The van der Waals surface area contributed by atoms with Crippen LogP contribution in [0, 0.1) is 24.0 Å². The van der Waals surface area contributed by atoms with E-state index in [4.69, 9.17) is 9.47 Å². The molecule has 0 atom stereocenters. The number of carbonyl (C=O) groups is 1. The fourth-order valence-electron chi connectivity index (χ4n) is 3.32. The Kier molecular flexibility index (Phi) is 6.99. The van der Waals surface area contributed by atoms with Gasteiger partial charge in [-0.25, -0.2) is 8.42 Å². The minimum atomic E-state index is -3.64. The standard InChI is InChI=1S/C21H25N3O7S/c1-15-4-6-18(12-16(15)2)32(28,29)23-10-8-22(9-11-23)21(25)14-31-20-13-17(24(26)27)5-7-19(20)30-3/h4-7,12-13H,8-11,14H2,1-3H3. The van der Waals surface area contributed by atoms with E-state index in [9.17, 15) is 23.3 Å². The molecule has 10 nitrogen and oxygen atoms in total. The fraction of sp³-hybridized carbons (Fsp3) is 0.381. The van der Waals surface area contributed by atoms with Crippen molar-refractivity contribution in [2.24, 2.45) is 0 Å². The summed E-state index contributed by atoms with van der Waals surface area (Å²) in [6.07, 6.45) is 0. The van der Waals surface area contributed by atoms with Gasteiger partial charge in [0.25, 0.3) is 11.6 Å². The van der Waals surface area contributed by atoms with E-state index in [-0.39, 0.29) is 60.8 Å². The summed E-state index contributed by atoms with van der Waals surface area (Å²) in [5.41, 5.74) is 1.73. The Balaban J connectivity index is 1.61. The minimum absolute atomic E-state index is 0.0889. The Hall–Kier alpha value is -3.18. The van der Waals surface area contributed by atoms with Gasteiger partial charge in [0.2, 0.25) is 10.0 Å². The van der Waals surface area contributed by atoms with E-state index in [0.717, 1.165) is 11.1 Å².